The summed E-state index contributed by atoms with van der Waals surface area (Å²) in [6, 6.07) is 4.90. The van der Waals surface area contributed by atoms with E-state index in [0.29, 0.717) is 28.7 Å². The van der Waals surface area contributed by atoms with Crippen molar-refractivity contribution in [3.63, 3.8) is 0 Å². The number of hydrogen-bond donors (Lipinski definition) is 2. The Balaban J connectivity index is 2.03. The van der Waals surface area contributed by atoms with Gasteiger partial charge in [-0.05, 0) is 19.1 Å². The van der Waals surface area contributed by atoms with Crippen LogP contribution < -0.4 is 15.8 Å². The number of aromatic nitrogens is 1. The molecule has 100 valence electrons. The van der Waals surface area contributed by atoms with Gasteiger partial charge in [-0.15, -0.1) is 0 Å². The van der Waals surface area contributed by atoms with Crippen molar-refractivity contribution in [2.45, 2.75) is 13.5 Å². The van der Waals surface area contributed by atoms with Crippen molar-refractivity contribution in [1.29, 1.82) is 0 Å². The first-order valence-electron chi connectivity index (χ1n) is 5.73. The molecule has 0 spiro atoms. The molecule has 6 heteroatoms. The van der Waals surface area contributed by atoms with Crippen molar-refractivity contribution in [3.8, 4) is 5.75 Å². The standard InChI is InChI=1S/C13H15N3O3/c1-8-6-15-12(19-8)7-16-13(17)10-4-3-9(18-2)5-11(10)14/h3-6H,7,14H2,1-2H3,(H,16,17). The molecule has 0 aliphatic heterocycles. The fraction of sp³-hybridized carbons (Fsp3) is 0.231. The maximum Gasteiger partial charge on any atom is 0.253 e. The number of ether oxygens (including phenoxy) is 1. The third-order valence-electron chi connectivity index (χ3n) is 2.57. The second-order valence-electron chi connectivity index (χ2n) is 4.00. The minimum absolute atomic E-state index is 0.220. The summed E-state index contributed by atoms with van der Waals surface area (Å²) < 4.78 is 10.3. The van der Waals surface area contributed by atoms with Gasteiger partial charge >= 0.3 is 0 Å². The van der Waals surface area contributed by atoms with Gasteiger partial charge in [-0.1, -0.05) is 0 Å². The van der Waals surface area contributed by atoms with E-state index in [0.717, 1.165) is 0 Å². The fourth-order valence-corrected chi connectivity index (χ4v) is 1.61. The molecule has 0 bridgehead atoms. The van der Waals surface area contributed by atoms with Gasteiger partial charge in [0.2, 0.25) is 5.89 Å². The van der Waals surface area contributed by atoms with Gasteiger partial charge < -0.3 is 20.2 Å². The molecule has 1 aromatic heterocycles. The third kappa shape index (κ3) is 3.04. The molecule has 3 N–H and O–H groups in total. The Kier molecular flexibility index (Phi) is 3.70. The lowest BCUT2D eigenvalue weighted by molar-refractivity contribution is 0.0948. The second-order valence-corrected chi connectivity index (χ2v) is 4.00. The summed E-state index contributed by atoms with van der Waals surface area (Å²) in [5.74, 6) is 1.49. The van der Waals surface area contributed by atoms with Crippen LogP contribution in [0.15, 0.2) is 28.8 Å². The van der Waals surface area contributed by atoms with E-state index in [1.54, 1.807) is 38.4 Å². The van der Waals surface area contributed by atoms with E-state index in [9.17, 15) is 4.79 Å². The van der Waals surface area contributed by atoms with Crippen molar-refractivity contribution < 1.29 is 13.9 Å². The Morgan fingerprint density at radius 1 is 1.53 bits per heavy atom. The van der Waals surface area contributed by atoms with Gasteiger partial charge in [0, 0.05) is 11.8 Å². The number of nitrogens with zero attached hydrogens (tertiary/aromatic N) is 1. The fourth-order valence-electron chi connectivity index (χ4n) is 1.61. The number of carbonyl (C=O) groups excluding carboxylic acids is 1. The number of nitrogen functional groups attached to an aromatic ring is 1. The molecule has 0 radical (unpaired) electrons. The Morgan fingerprint density at radius 2 is 2.32 bits per heavy atom. The number of amides is 1. The van der Waals surface area contributed by atoms with Crippen LogP contribution in [0.1, 0.15) is 22.0 Å². The molecule has 0 fully saturated rings. The average molecular weight is 261 g/mol. The van der Waals surface area contributed by atoms with Crippen molar-refractivity contribution in [1.82, 2.24) is 10.3 Å². The van der Waals surface area contributed by atoms with Crippen molar-refractivity contribution in [3.05, 3.63) is 41.6 Å². The molecule has 0 aliphatic carbocycles. The second kappa shape index (κ2) is 5.43. The number of rotatable bonds is 4. The molecule has 0 saturated carbocycles. The Bertz CT molecular complexity index is 593. The number of aryl methyl sites for hydroxylation is 1. The highest BCUT2D eigenvalue weighted by molar-refractivity contribution is 5.99. The number of anilines is 1. The zero-order valence-electron chi connectivity index (χ0n) is 10.8. The normalized spacial score (nSPS) is 10.2. The van der Waals surface area contributed by atoms with E-state index in [4.69, 9.17) is 14.9 Å². The van der Waals surface area contributed by atoms with Gasteiger partial charge in [-0.25, -0.2) is 4.98 Å². The van der Waals surface area contributed by atoms with E-state index in [2.05, 4.69) is 10.3 Å². The van der Waals surface area contributed by atoms with E-state index in [-0.39, 0.29) is 12.5 Å². The summed E-state index contributed by atoms with van der Waals surface area (Å²) in [7, 11) is 1.54. The van der Waals surface area contributed by atoms with E-state index >= 15 is 0 Å². The predicted octanol–water partition coefficient (Wildman–Crippen LogP) is 1.50. The highest BCUT2D eigenvalue weighted by atomic mass is 16.5. The van der Waals surface area contributed by atoms with Crippen molar-refractivity contribution in [2.75, 3.05) is 12.8 Å². The molecular formula is C13H15N3O3. The molecule has 0 saturated heterocycles. The summed E-state index contributed by atoms with van der Waals surface area (Å²) in [4.78, 5) is 15.9. The lowest BCUT2D eigenvalue weighted by Crippen LogP contribution is -2.23. The van der Waals surface area contributed by atoms with Crippen LogP contribution in [0.2, 0.25) is 0 Å². The van der Waals surface area contributed by atoms with Gasteiger partial charge in [0.25, 0.3) is 5.91 Å². The van der Waals surface area contributed by atoms with Gasteiger partial charge in [-0.3, -0.25) is 4.79 Å². The van der Waals surface area contributed by atoms with Crippen LogP contribution in [-0.2, 0) is 6.54 Å². The lowest BCUT2D eigenvalue weighted by atomic mass is 10.1. The van der Waals surface area contributed by atoms with Crippen LogP contribution in [0.3, 0.4) is 0 Å². The third-order valence-corrected chi connectivity index (χ3v) is 2.57. The lowest BCUT2D eigenvalue weighted by Gasteiger charge is -2.07. The zero-order valence-corrected chi connectivity index (χ0v) is 10.8. The average Bonchev–Trinajstić information content (AvgIpc) is 2.81. The Hall–Kier alpha value is -2.50. The highest BCUT2D eigenvalue weighted by Crippen LogP contribution is 2.19. The monoisotopic (exact) mass is 261 g/mol. The number of nitrogens with one attached hydrogen (secondary N) is 1. The minimum Gasteiger partial charge on any atom is -0.497 e. The molecule has 2 rings (SSSR count). The van der Waals surface area contributed by atoms with Gasteiger partial charge in [0.15, 0.2) is 0 Å². The van der Waals surface area contributed by atoms with Crippen molar-refractivity contribution >= 4 is 11.6 Å². The molecule has 0 aliphatic rings. The summed E-state index contributed by atoms with van der Waals surface area (Å²) in [5, 5.41) is 2.69. The van der Waals surface area contributed by atoms with Gasteiger partial charge in [0.05, 0.1) is 25.4 Å². The first-order valence-corrected chi connectivity index (χ1v) is 5.73. The predicted molar refractivity (Wildman–Crippen MR) is 69.8 cm³/mol. The number of methoxy groups -OCH3 is 1. The summed E-state index contributed by atoms with van der Waals surface area (Å²) >= 11 is 0. The Labute approximate surface area is 110 Å². The number of carbonyl (C=O) groups is 1. The topological polar surface area (TPSA) is 90.4 Å². The minimum atomic E-state index is -0.281. The molecular weight excluding hydrogens is 246 g/mol. The smallest absolute Gasteiger partial charge is 0.253 e. The van der Waals surface area contributed by atoms with Crippen LogP contribution in [0, 0.1) is 6.92 Å². The van der Waals surface area contributed by atoms with Gasteiger partial charge in [0.1, 0.15) is 11.5 Å². The molecule has 0 unspecified atom stereocenters. The van der Waals surface area contributed by atoms with Crippen LogP contribution in [0.4, 0.5) is 5.69 Å². The Morgan fingerprint density at radius 3 is 2.89 bits per heavy atom. The maximum atomic E-state index is 11.9. The first-order chi connectivity index (χ1) is 9.10. The maximum absolute atomic E-state index is 11.9. The SMILES string of the molecule is COc1ccc(C(=O)NCc2ncc(C)o2)c(N)c1. The molecule has 1 heterocycles. The van der Waals surface area contributed by atoms with E-state index < -0.39 is 0 Å². The van der Waals surface area contributed by atoms with Crippen LogP contribution >= 0.6 is 0 Å². The number of oxazole rings is 1. The van der Waals surface area contributed by atoms with Crippen molar-refractivity contribution in [2.24, 2.45) is 0 Å². The molecule has 19 heavy (non-hydrogen) atoms. The molecule has 2 aromatic rings. The quantitative estimate of drug-likeness (QED) is 0.814. The zero-order chi connectivity index (χ0) is 13.8. The van der Waals surface area contributed by atoms with Crippen LogP contribution in [0.25, 0.3) is 0 Å². The van der Waals surface area contributed by atoms with E-state index in [1.807, 2.05) is 0 Å². The molecule has 1 amide bonds. The number of hydrogen-bond acceptors (Lipinski definition) is 5. The van der Waals surface area contributed by atoms with E-state index in [1.165, 1.54) is 0 Å². The first kappa shape index (κ1) is 12.9. The molecule has 0 atom stereocenters. The number of benzene rings is 1. The summed E-state index contributed by atoms with van der Waals surface area (Å²) in [6.07, 6.45) is 1.60. The number of nitrogens with two attached hydrogens (primary N) is 1. The summed E-state index contributed by atoms with van der Waals surface area (Å²) in [6.45, 7) is 2.01. The highest BCUT2D eigenvalue weighted by Gasteiger charge is 2.11. The van der Waals surface area contributed by atoms with Gasteiger partial charge in [-0.2, -0.15) is 0 Å². The summed E-state index contributed by atoms with van der Waals surface area (Å²) in [5.41, 5.74) is 6.55. The molecule has 1 aromatic carbocycles. The largest absolute Gasteiger partial charge is 0.497 e. The van der Waals surface area contributed by atoms with Crippen LogP contribution in [-0.4, -0.2) is 18.0 Å². The van der Waals surface area contributed by atoms with Crippen LogP contribution in [0.5, 0.6) is 5.75 Å². The molecule has 6 nitrogen and oxygen atoms in total.